The van der Waals surface area contributed by atoms with Crippen molar-refractivity contribution >= 4 is 216 Å². The van der Waals surface area contributed by atoms with Crippen molar-refractivity contribution < 1.29 is 0 Å². The van der Waals surface area contributed by atoms with E-state index in [1.807, 2.05) is 0 Å². The van der Waals surface area contributed by atoms with E-state index in [2.05, 4.69) is 579 Å². The van der Waals surface area contributed by atoms with Crippen LogP contribution in [0.1, 0.15) is 0 Å². The summed E-state index contributed by atoms with van der Waals surface area (Å²) in [5.74, 6) is 15.7. The normalized spacial score (nSPS) is 11.7. The van der Waals surface area contributed by atoms with Crippen LogP contribution in [0.15, 0.2) is 522 Å². The molecule has 27 aromatic rings. The van der Waals surface area contributed by atoms with Crippen LogP contribution in [-0.2, 0) is 0 Å². The average molecular weight is 2000 g/mol. The third kappa shape index (κ3) is 17.5. The molecule has 0 bridgehead atoms. The van der Waals surface area contributed by atoms with E-state index in [0.717, 1.165) is 45.0 Å². The molecular formula is C139H105B2Ge2N4. The van der Waals surface area contributed by atoms with Gasteiger partial charge in [0.25, 0.3) is 0 Å². The van der Waals surface area contributed by atoms with Gasteiger partial charge in [-0.25, -0.2) is 4.98 Å². The monoisotopic (exact) mass is 2000 g/mol. The zero-order chi connectivity index (χ0) is 99.4. The molecule has 26 aromatic carbocycles. The summed E-state index contributed by atoms with van der Waals surface area (Å²) in [5.41, 5.74) is 26.2. The molecule has 4 nitrogen and oxygen atoms in total. The first kappa shape index (κ1) is 92.5. The number of anilines is 6. The average Bonchev–Trinajstić information content (AvgIpc) is 1.02. The second-order valence-corrected chi connectivity index (χ2v) is 61.7. The third-order valence-electron chi connectivity index (χ3n) is 29.5. The number of fused-ring (bicyclic) bond motifs is 9. The number of benzene rings is 26. The van der Waals surface area contributed by atoms with E-state index >= 15 is 0 Å². The van der Waals surface area contributed by atoms with Gasteiger partial charge in [-0.2, -0.15) is 0 Å². The summed E-state index contributed by atoms with van der Waals surface area (Å²) in [6.07, 6.45) is 0. The molecule has 5 radical (unpaired) electrons. The van der Waals surface area contributed by atoms with Crippen molar-refractivity contribution in [2.45, 2.75) is 34.5 Å². The molecule has 0 fully saturated rings. The van der Waals surface area contributed by atoms with Crippen LogP contribution < -0.4 is 18.6 Å². The zero-order valence-corrected chi connectivity index (χ0v) is 87.3. The molecule has 0 atom stereocenters. The minimum absolute atomic E-state index is 0. The maximum absolute atomic E-state index is 5.25. The Morgan fingerprint density at radius 3 is 1.00 bits per heavy atom. The van der Waals surface area contributed by atoms with Crippen molar-refractivity contribution in [2.24, 2.45) is 0 Å². The van der Waals surface area contributed by atoms with Gasteiger partial charge in [0.1, 0.15) is 5.82 Å². The van der Waals surface area contributed by atoms with E-state index in [1.54, 1.807) is 0 Å². The smallest absolute Gasteiger partial charge is 0.145 e. The third-order valence-corrected chi connectivity index (χ3v) is 38.2. The van der Waals surface area contributed by atoms with E-state index in [-0.39, 0.29) is 8.41 Å². The topological polar surface area (TPSA) is 24.3 Å². The van der Waals surface area contributed by atoms with Gasteiger partial charge >= 0.3 is 304 Å². The van der Waals surface area contributed by atoms with Gasteiger partial charge in [-0.1, -0.05) is 315 Å². The van der Waals surface area contributed by atoms with Crippen LogP contribution in [0, 0.1) is 0 Å². The van der Waals surface area contributed by atoms with E-state index in [1.165, 1.54) is 211 Å². The molecule has 27 rings (SSSR count). The van der Waals surface area contributed by atoms with Crippen LogP contribution in [0.2, 0.25) is 34.5 Å². The SMILES string of the molecule is [2H][B].[B].[CH3][Ge]([CH3])([CH3])[c]1ccc(N(c2ccccc2)c2ccc3ccc4c(N(c5ccccc5)c5cc[c]([Ge]([CH3])([CH3])[CH3])cc5)ccc5ccc2c3c54)cc1.c1ccc(-n2c(-c3ccc(-c4ccc5c(-c6ccc7ccccc7c6)c6ccccc6c(-c6ccc7ccccc7c6)c5c4)cc3)nc3ccccc32)cc1.c1ccc2cc(-c3ccc(-c4c5ccccc5c(-c5cccc6ccccc56)c5ccccc45)cc3)ccc2c1. The fourth-order valence-corrected chi connectivity index (χ4v) is 27.2. The predicted molar refractivity (Wildman–Crippen MR) is 644 cm³/mol. The Morgan fingerprint density at radius 2 is 0.531 bits per heavy atom. The quantitative estimate of drug-likeness (QED) is 0.0547. The van der Waals surface area contributed by atoms with Gasteiger partial charge in [0.2, 0.25) is 0 Å². The molecule has 0 spiro atoms. The van der Waals surface area contributed by atoms with E-state index in [0.29, 0.717) is 0 Å². The van der Waals surface area contributed by atoms with Gasteiger partial charge in [-0.05, 0) is 203 Å². The summed E-state index contributed by atoms with van der Waals surface area (Å²) < 4.78 is 10.5. The maximum Gasteiger partial charge on any atom is 0.145 e. The first-order valence-corrected chi connectivity index (χ1v) is 65.1. The fourth-order valence-electron chi connectivity index (χ4n) is 22.3. The van der Waals surface area contributed by atoms with Gasteiger partial charge in [0, 0.05) is 28.0 Å². The van der Waals surface area contributed by atoms with Crippen molar-refractivity contribution in [3.05, 3.63) is 522 Å². The molecule has 0 N–H and O–H groups in total. The molecule has 0 amide bonds. The first-order chi connectivity index (χ1) is 72.2. The summed E-state index contributed by atoms with van der Waals surface area (Å²) in [6, 6.07) is 191. The molecule has 695 valence electrons. The molecule has 0 saturated carbocycles. The molecule has 0 aliphatic carbocycles. The standard InChI is InChI=1S/C53H34N2.C46H44Ge2N2.C40H26.BH.B/c1-2-16-44(17-3-1)55-50-21-11-10-20-49(50)54-53(55)38-26-22-37(23-27-38)41-30-31-47-48(34-41)52(43-29-25-36-13-5-7-15-40(36)33-43)46-19-9-8-18-45(46)51(47)42-28-24-35-12-4-6-14-39(35)32-42;1-47(2,3)35-21-25-39(26-22-35)49(37-13-9-7-10-14-37)43-31-19-33-18-30-42-44(32-20-34-17-29-41(43)45(33)46(34)42)50(38-15-11-8-12-16-38)40-27-23-36(24-28-40)48(4,5)6;1-2-12-31-26-32(25-22-27(31)10-1)28-20-23-30(24-21-28)39-35-15-5-7-17-37(35)40(38-18-8-6-16-36(38)39)34-19-9-13-29-11-3-4-14-33(29)34;;/h1-34H;7-32H,1-6H3;1-26H;1H;/i;;;1D;. The molecule has 0 aliphatic rings. The van der Waals surface area contributed by atoms with Crippen molar-refractivity contribution in [3.8, 4) is 83.8 Å². The van der Waals surface area contributed by atoms with Gasteiger partial charge in [0.15, 0.2) is 0 Å². The number of nitrogens with zero attached hydrogens (tertiary/aromatic N) is 4. The molecule has 147 heavy (non-hydrogen) atoms. The number of aromatic nitrogens is 2. The zero-order valence-electron chi connectivity index (χ0n) is 84.1. The van der Waals surface area contributed by atoms with Crippen LogP contribution in [-0.4, -0.2) is 54.2 Å². The molecule has 0 unspecified atom stereocenters. The summed E-state index contributed by atoms with van der Waals surface area (Å²) >= 11 is -3.93. The van der Waals surface area contributed by atoms with Gasteiger partial charge in [-0.3, -0.25) is 4.57 Å². The molecular weight excluding hydrogens is 1890 g/mol. The number of hydrogen-bond donors (Lipinski definition) is 0. The minimum Gasteiger partial charge on any atom is -0.292 e. The Bertz CT molecular complexity index is 9410. The molecule has 1 heterocycles. The molecule has 0 saturated heterocycles. The van der Waals surface area contributed by atoms with Crippen molar-refractivity contribution in [3.63, 3.8) is 0 Å². The van der Waals surface area contributed by atoms with Gasteiger partial charge in [-0.15, -0.1) is 0 Å². The predicted octanol–water partition coefficient (Wildman–Crippen LogP) is 37.2. The largest absolute Gasteiger partial charge is 0.292 e. The Balaban J connectivity index is 0.000000122. The Hall–Kier alpha value is -16.9. The van der Waals surface area contributed by atoms with Crippen LogP contribution in [0.5, 0.6) is 0 Å². The first-order valence-electron chi connectivity index (χ1n) is 51.0. The summed E-state index contributed by atoms with van der Waals surface area (Å²) in [6.45, 7) is 0. The van der Waals surface area contributed by atoms with Gasteiger partial charge in [0.05, 0.1) is 11.0 Å². The number of rotatable bonds is 16. The van der Waals surface area contributed by atoms with Gasteiger partial charge < -0.3 is 0 Å². The van der Waals surface area contributed by atoms with E-state index < -0.39 is 26.5 Å². The molecule has 8 heteroatoms. The summed E-state index contributed by atoms with van der Waals surface area (Å²) in [4.78, 5) is 9.99. The Kier molecular flexibility index (Phi) is 24.8. The number of imidazole rings is 1. The van der Waals surface area contributed by atoms with E-state index in [4.69, 9.17) is 6.32 Å². The van der Waals surface area contributed by atoms with Crippen molar-refractivity contribution in [1.82, 2.24) is 9.55 Å². The van der Waals surface area contributed by atoms with Crippen molar-refractivity contribution in [1.29, 1.82) is 1.34 Å². The van der Waals surface area contributed by atoms with E-state index in [9.17, 15) is 0 Å². The fraction of sp³-hybridized carbons (Fsp3) is 0.0432. The van der Waals surface area contributed by atoms with Crippen LogP contribution in [0.25, 0.3) is 213 Å². The summed E-state index contributed by atoms with van der Waals surface area (Å²) in [7, 11) is 3.75. The second-order valence-electron chi connectivity index (χ2n) is 40.4. The minimum atomic E-state index is -1.97. The van der Waals surface area contributed by atoms with Crippen LogP contribution >= 0.6 is 0 Å². The Morgan fingerprint density at radius 1 is 0.218 bits per heavy atom. The molecule has 1 aromatic heterocycles. The maximum atomic E-state index is 5.25. The van der Waals surface area contributed by atoms with Crippen LogP contribution in [0.3, 0.4) is 0 Å². The number of para-hydroxylation sites is 5. The summed E-state index contributed by atoms with van der Waals surface area (Å²) in [5, 5.41) is 27.8. The van der Waals surface area contributed by atoms with Crippen molar-refractivity contribution in [2.75, 3.05) is 9.80 Å². The molecule has 0 aliphatic heterocycles. The number of hydrogen-bond acceptors (Lipinski definition) is 3. The van der Waals surface area contributed by atoms with Crippen LogP contribution in [0.4, 0.5) is 34.1 Å². The Labute approximate surface area is 869 Å². The second kappa shape index (κ2) is 39.3.